The van der Waals surface area contributed by atoms with E-state index in [1.165, 1.54) is 19.2 Å². The molecule has 23 heavy (non-hydrogen) atoms. The molecule has 0 aliphatic carbocycles. The summed E-state index contributed by atoms with van der Waals surface area (Å²) in [7, 11) is 1.30. The maximum atomic E-state index is 12.5. The Morgan fingerprint density at radius 1 is 1.17 bits per heavy atom. The van der Waals surface area contributed by atoms with Gasteiger partial charge in [0.05, 0.1) is 18.0 Å². The molecule has 0 saturated carbocycles. The highest BCUT2D eigenvalue weighted by Gasteiger charge is 2.15. The van der Waals surface area contributed by atoms with Crippen LogP contribution in [0, 0.1) is 0 Å². The number of rotatable bonds is 4. The summed E-state index contributed by atoms with van der Waals surface area (Å²) in [5.74, 6) is 0.147. The molecule has 3 aromatic rings. The van der Waals surface area contributed by atoms with Crippen LogP contribution in [0.1, 0.15) is 0 Å². The topological polar surface area (TPSA) is 77.1 Å². The first kappa shape index (κ1) is 14.9. The van der Waals surface area contributed by atoms with E-state index < -0.39 is 12.2 Å². The number of hydrogen-bond acceptors (Lipinski definition) is 5. The van der Waals surface area contributed by atoms with Gasteiger partial charge in [0.1, 0.15) is 5.82 Å². The molecule has 0 atom stereocenters. The summed E-state index contributed by atoms with van der Waals surface area (Å²) in [4.78, 5) is 23.0. The largest absolute Gasteiger partial charge is 0.493 e. The van der Waals surface area contributed by atoms with Crippen molar-refractivity contribution in [2.45, 2.75) is 6.61 Å². The van der Waals surface area contributed by atoms with Gasteiger partial charge < -0.3 is 14.5 Å². The van der Waals surface area contributed by atoms with E-state index in [2.05, 4.69) is 19.7 Å². The zero-order valence-corrected chi connectivity index (χ0v) is 11.9. The smallest absolute Gasteiger partial charge is 0.387 e. The monoisotopic (exact) mass is 319 g/mol. The molecule has 0 fully saturated rings. The van der Waals surface area contributed by atoms with Crippen LogP contribution in [0.3, 0.4) is 0 Å². The minimum Gasteiger partial charge on any atom is -0.493 e. The Morgan fingerprint density at radius 3 is 2.57 bits per heavy atom. The lowest BCUT2D eigenvalue weighted by Gasteiger charge is -2.11. The average Bonchev–Trinajstić information content (AvgIpc) is 2.54. The number of pyridine rings is 1. The lowest BCUT2D eigenvalue weighted by molar-refractivity contribution is -0.0511. The van der Waals surface area contributed by atoms with Gasteiger partial charge in [0.2, 0.25) is 0 Å². The highest BCUT2D eigenvalue weighted by Crippen LogP contribution is 2.32. The molecule has 6 nitrogen and oxygen atoms in total. The Labute approximate surface area is 128 Å². The van der Waals surface area contributed by atoms with Gasteiger partial charge in [-0.1, -0.05) is 0 Å². The number of hydrogen-bond donors (Lipinski definition) is 1. The van der Waals surface area contributed by atoms with Crippen molar-refractivity contribution in [1.29, 1.82) is 0 Å². The molecule has 0 unspecified atom stereocenters. The molecule has 118 valence electrons. The normalized spacial score (nSPS) is 11.0. The van der Waals surface area contributed by atoms with Gasteiger partial charge in [0, 0.05) is 24.0 Å². The number of nitrogens with zero attached hydrogens (tertiary/aromatic N) is 2. The lowest BCUT2D eigenvalue weighted by Crippen LogP contribution is -2.11. The van der Waals surface area contributed by atoms with Gasteiger partial charge in [-0.2, -0.15) is 8.78 Å². The van der Waals surface area contributed by atoms with E-state index in [0.717, 1.165) is 0 Å². The Bertz CT molecular complexity index is 898. The first-order valence-corrected chi connectivity index (χ1v) is 6.56. The van der Waals surface area contributed by atoms with Crippen molar-refractivity contribution in [2.75, 3.05) is 7.11 Å². The molecule has 1 aromatic carbocycles. The minimum atomic E-state index is -3.01. The van der Waals surface area contributed by atoms with Crippen LogP contribution in [0.15, 0.2) is 41.5 Å². The molecule has 2 heterocycles. The lowest BCUT2D eigenvalue weighted by atomic mass is 10.2. The number of aromatic nitrogens is 3. The number of halogens is 2. The summed E-state index contributed by atoms with van der Waals surface area (Å²) < 4.78 is 34.4. The standard InChI is InChI=1S/C15H11F2N3O3/c1-22-11-6-9-10(7-12(11)23-15(16)17)19-13(20-14(9)21)8-2-4-18-5-3-8/h2-7,15H,1H3,(H,19,20,21). The van der Waals surface area contributed by atoms with Gasteiger partial charge in [-0.3, -0.25) is 9.78 Å². The first-order chi connectivity index (χ1) is 11.1. The van der Waals surface area contributed by atoms with E-state index >= 15 is 0 Å². The fourth-order valence-corrected chi connectivity index (χ4v) is 2.14. The second-order valence-corrected chi connectivity index (χ2v) is 4.55. The van der Waals surface area contributed by atoms with Crippen LogP contribution >= 0.6 is 0 Å². The summed E-state index contributed by atoms with van der Waals surface area (Å²) in [6.07, 6.45) is 3.11. The molecule has 1 N–H and O–H groups in total. The van der Waals surface area contributed by atoms with Gasteiger partial charge >= 0.3 is 6.61 Å². The molecule has 0 aliphatic rings. The number of ether oxygens (including phenoxy) is 2. The number of alkyl halides is 2. The number of fused-ring (bicyclic) bond motifs is 1. The highest BCUT2D eigenvalue weighted by atomic mass is 19.3. The molecule has 0 spiro atoms. The van der Waals surface area contributed by atoms with Crippen molar-refractivity contribution in [3.63, 3.8) is 0 Å². The highest BCUT2D eigenvalue weighted by molar-refractivity contribution is 5.83. The second kappa shape index (κ2) is 5.99. The Kier molecular flexibility index (Phi) is 3.88. The van der Waals surface area contributed by atoms with Crippen molar-refractivity contribution in [1.82, 2.24) is 15.0 Å². The molecule has 0 radical (unpaired) electrons. The predicted octanol–water partition coefficient (Wildman–Crippen LogP) is 2.60. The first-order valence-electron chi connectivity index (χ1n) is 6.56. The van der Waals surface area contributed by atoms with Crippen molar-refractivity contribution < 1.29 is 18.3 Å². The van der Waals surface area contributed by atoms with Crippen LogP contribution in [0.4, 0.5) is 8.78 Å². The molecule has 3 rings (SSSR count). The minimum absolute atomic E-state index is 0.0294. The van der Waals surface area contributed by atoms with E-state index in [9.17, 15) is 13.6 Å². The van der Waals surface area contributed by atoms with E-state index in [4.69, 9.17) is 4.74 Å². The van der Waals surface area contributed by atoms with Crippen LogP contribution in [0.2, 0.25) is 0 Å². The predicted molar refractivity (Wildman–Crippen MR) is 78.8 cm³/mol. The maximum absolute atomic E-state index is 12.5. The molecule has 0 saturated heterocycles. The molecule has 8 heteroatoms. The summed E-state index contributed by atoms with van der Waals surface area (Å²) in [6.45, 7) is -3.01. The fourth-order valence-electron chi connectivity index (χ4n) is 2.14. The third-order valence-electron chi connectivity index (χ3n) is 3.16. The number of H-pyrrole nitrogens is 1. The Hall–Kier alpha value is -3.03. The zero-order valence-electron chi connectivity index (χ0n) is 11.9. The van der Waals surface area contributed by atoms with Crippen LogP contribution < -0.4 is 15.0 Å². The number of nitrogens with one attached hydrogen (secondary N) is 1. The zero-order chi connectivity index (χ0) is 16.4. The summed E-state index contributed by atoms with van der Waals surface area (Å²) in [5.41, 5.74) is 0.451. The third-order valence-corrected chi connectivity index (χ3v) is 3.16. The second-order valence-electron chi connectivity index (χ2n) is 4.55. The molecule has 0 aliphatic heterocycles. The quantitative estimate of drug-likeness (QED) is 0.800. The fraction of sp³-hybridized carbons (Fsp3) is 0.133. The summed E-state index contributed by atoms with van der Waals surface area (Å²) >= 11 is 0. The Morgan fingerprint density at radius 2 is 1.91 bits per heavy atom. The summed E-state index contributed by atoms with van der Waals surface area (Å²) in [5, 5.41) is 0.210. The van der Waals surface area contributed by atoms with Crippen LogP contribution in [0.5, 0.6) is 11.5 Å². The number of benzene rings is 1. The maximum Gasteiger partial charge on any atom is 0.387 e. The average molecular weight is 319 g/mol. The molecule has 0 bridgehead atoms. The van der Waals surface area contributed by atoms with Gasteiger partial charge in [-0.15, -0.1) is 0 Å². The van der Waals surface area contributed by atoms with Crippen molar-refractivity contribution in [2.24, 2.45) is 0 Å². The van der Waals surface area contributed by atoms with Gasteiger partial charge in [-0.05, 0) is 18.2 Å². The Balaban J connectivity index is 2.21. The van der Waals surface area contributed by atoms with Crippen molar-refractivity contribution >= 4 is 10.9 Å². The van der Waals surface area contributed by atoms with Crippen molar-refractivity contribution in [3.05, 3.63) is 47.0 Å². The van der Waals surface area contributed by atoms with E-state index in [-0.39, 0.29) is 22.4 Å². The van der Waals surface area contributed by atoms with Crippen molar-refractivity contribution in [3.8, 4) is 22.9 Å². The molecule has 2 aromatic heterocycles. The van der Waals surface area contributed by atoms with E-state index in [0.29, 0.717) is 11.4 Å². The van der Waals surface area contributed by atoms with E-state index in [1.807, 2.05) is 0 Å². The number of methoxy groups -OCH3 is 1. The van der Waals surface area contributed by atoms with Gasteiger partial charge in [-0.25, -0.2) is 4.98 Å². The van der Waals surface area contributed by atoms with Crippen LogP contribution in [-0.4, -0.2) is 28.7 Å². The third kappa shape index (κ3) is 2.96. The van der Waals surface area contributed by atoms with Gasteiger partial charge in [0.25, 0.3) is 5.56 Å². The molecular formula is C15H11F2N3O3. The van der Waals surface area contributed by atoms with Crippen LogP contribution in [0.25, 0.3) is 22.3 Å². The molecule has 0 amide bonds. The number of aromatic amines is 1. The molecular weight excluding hydrogens is 308 g/mol. The van der Waals surface area contributed by atoms with E-state index in [1.54, 1.807) is 24.5 Å². The SMILES string of the molecule is COc1cc2c(=O)[nH]c(-c3ccncc3)nc2cc1OC(F)F. The summed E-state index contributed by atoms with van der Waals surface area (Å²) in [6, 6.07) is 5.91. The van der Waals surface area contributed by atoms with Crippen LogP contribution in [-0.2, 0) is 0 Å². The van der Waals surface area contributed by atoms with Gasteiger partial charge in [0.15, 0.2) is 11.5 Å².